The van der Waals surface area contributed by atoms with Gasteiger partial charge in [-0.15, -0.1) is 11.3 Å². The standard InChI is InChI=1S/C12H17NO2S/c14-12(15)10-5-11(16-8-10)7-13-6-9-3-1-2-4-9/h5,8-9,13H,1-4,6-7H2,(H,14,15). The van der Waals surface area contributed by atoms with Gasteiger partial charge in [0, 0.05) is 16.8 Å². The van der Waals surface area contributed by atoms with Crippen LogP contribution in [-0.2, 0) is 6.54 Å². The first-order valence-electron chi connectivity index (χ1n) is 5.77. The molecule has 0 bridgehead atoms. The number of hydrogen-bond donors (Lipinski definition) is 2. The molecule has 1 aliphatic carbocycles. The lowest BCUT2D eigenvalue weighted by molar-refractivity contribution is 0.0697. The largest absolute Gasteiger partial charge is 0.478 e. The SMILES string of the molecule is O=C(O)c1csc(CNCC2CCCC2)c1. The third-order valence-corrected chi connectivity index (χ3v) is 4.04. The number of carboxylic acids is 1. The minimum Gasteiger partial charge on any atom is -0.478 e. The first-order chi connectivity index (χ1) is 7.75. The summed E-state index contributed by atoms with van der Waals surface area (Å²) in [7, 11) is 0. The zero-order valence-corrected chi connectivity index (χ0v) is 10.1. The molecule has 1 aromatic heterocycles. The lowest BCUT2D eigenvalue weighted by Gasteiger charge is -2.09. The minimum absolute atomic E-state index is 0.405. The lowest BCUT2D eigenvalue weighted by atomic mass is 10.1. The van der Waals surface area contributed by atoms with Crippen molar-refractivity contribution < 1.29 is 9.90 Å². The zero-order valence-electron chi connectivity index (χ0n) is 9.24. The van der Waals surface area contributed by atoms with Gasteiger partial charge in [0.15, 0.2) is 0 Å². The molecule has 0 spiro atoms. The summed E-state index contributed by atoms with van der Waals surface area (Å²) in [5.41, 5.74) is 0.405. The van der Waals surface area contributed by atoms with Gasteiger partial charge < -0.3 is 10.4 Å². The first-order valence-corrected chi connectivity index (χ1v) is 6.65. The van der Waals surface area contributed by atoms with Crippen molar-refractivity contribution >= 4 is 17.3 Å². The van der Waals surface area contributed by atoms with E-state index >= 15 is 0 Å². The molecule has 0 atom stereocenters. The average molecular weight is 239 g/mol. The highest BCUT2D eigenvalue weighted by atomic mass is 32.1. The van der Waals surface area contributed by atoms with Gasteiger partial charge in [0.05, 0.1) is 5.56 Å². The van der Waals surface area contributed by atoms with Gasteiger partial charge in [0.2, 0.25) is 0 Å². The summed E-state index contributed by atoms with van der Waals surface area (Å²) in [4.78, 5) is 11.8. The molecule has 0 aromatic carbocycles. The second kappa shape index (κ2) is 5.46. The Bertz CT molecular complexity index is 356. The molecular formula is C12H17NO2S. The van der Waals surface area contributed by atoms with E-state index in [1.165, 1.54) is 37.0 Å². The van der Waals surface area contributed by atoms with Gasteiger partial charge in [0.1, 0.15) is 0 Å². The summed E-state index contributed by atoms with van der Waals surface area (Å²) in [5, 5.41) is 13.9. The monoisotopic (exact) mass is 239 g/mol. The number of carboxylic acid groups (broad SMARTS) is 1. The van der Waals surface area contributed by atoms with Crippen molar-refractivity contribution in [2.75, 3.05) is 6.54 Å². The third-order valence-electron chi connectivity index (χ3n) is 3.11. The third kappa shape index (κ3) is 3.06. The number of carbonyl (C=O) groups is 1. The molecule has 16 heavy (non-hydrogen) atoms. The van der Waals surface area contributed by atoms with Crippen LogP contribution in [0.1, 0.15) is 40.9 Å². The molecule has 0 unspecified atom stereocenters. The van der Waals surface area contributed by atoms with Crippen LogP contribution >= 0.6 is 11.3 Å². The molecule has 1 heterocycles. The summed E-state index contributed by atoms with van der Waals surface area (Å²) < 4.78 is 0. The second-order valence-corrected chi connectivity index (χ2v) is 5.38. The van der Waals surface area contributed by atoms with Gasteiger partial charge in [-0.25, -0.2) is 4.79 Å². The Hall–Kier alpha value is -0.870. The van der Waals surface area contributed by atoms with Gasteiger partial charge >= 0.3 is 5.97 Å². The fourth-order valence-corrected chi connectivity index (χ4v) is 3.03. The van der Waals surface area contributed by atoms with Crippen LogP contribution in [0, 0.1) is 5.92 Å². The maximum absolute atomic E-state index is 10.7. The molecule has 1 fully saturated rings. The topological polar surface area (TPSA) is 49.3 Å². The molecule has 1 aromatic rings. The predicted octanol–water partition coefficient (Wildman–Crippen LogP) is 2.73. The Labute approximate surface area is 99.5 Å². The van der Waals surface area contributed by atoms with E-state index in [9.17, 15) is 4.79 Å². The Morgan fingerprint density at radius 1 is 1.50 bits per heavy atom. The average Bonchev–Trinajstić information content (AvgIpc) is 2.87. The van der Waals surface area contributed by atoms with Crippen LogP contribution in [0.4, 0.5) is 0 Å². The molecule has 0 amide bonds. The smallest absolute Gasteiger partial charge is 0.336 e. The van der Waals surface area contributed by atoms with Crippen molar-refractivity contribution in [3.05, 3.63) is 21.9 Å². The van der Waals surface area contributed by atoms with E-state index in [1.807, 2.05) is 0 Å². The number of thiophene rings is 1. The second-order valence-electron chi connectivity index (χ2n) is 4.39. The molecule has 4 heteroatoms. The van der Waals surface area contributed by atoms with Crippen LogP contribution in [-0.4, -0.2) is 17.6 Å². The summed E-state index contributed by atoms with van der Waals surface area (Å²) >= 11 is 1.52. The lowest BCUT2D eigenvalue weighted by Crippen LogP contribution is -2.20. The number of rotatable bonds is 5. The molecule has 88 valence electrons. The summed E-state index contributed by atoms with van der Waals surface area (Å²) in [5.74, 6) is -0.00259. The van der Waals surface area contributed by atoms with Crippen molar-refractivity contribution in [1.29, 1.82) is 0 Å². The highest BCUT2D eigenvalue weighted by Gasteiger charge is 2.14. The fraction of sp³-hybridized carbons (Fsp3) is 0.583. The van der Waals surface area contributed by atoms with Crippen molar-refractivity contribution in [2.24, 2.45) is 5.92 Å². The Kier molecular flexibility index (Phi) is 3.96. The minimum atomic E-state index is -0.835. The summed E-state index contributed by atoms with van der Waals surface area (Å²) in [6.45, 7) is 1.87. The Morgan fingerprint density at radius 3 is 2.88 bits per heavy atom. The van der Waals surface area contributed by atoms with E-state index < -0.39 is 5.97 Å². The van der Waals surface area contributed by atoms with Gasteiger partial charge in [-0.3, -0.25) is 0 Å². The summed E-state index contributed by atoms with van der Waals surface area (Å²) in [6, 6.07) is 1.76. The van der Waals surface area contributed by atoms with E-state index in [0.717, 1.165) is 23.9 Å². The fourth-order valence-electron chi connectivity index (χ4n) is 2.20. The van der Waals surface area contributed by atoms with Crippen LogP contribution in [0.2, 0.25) is 0 Å². The normalized spacial score (nSPS) is 16.8. The van der Waals surface area contributed by atoms with E-state index in [1.54, 1.807) is 11.4 Å². The quantitative estimate of drug-likeness (QED) is 0.830. The number of aromatic carboxylic acids is 1. The maximum Gasteiger partial charge on any atom is 0.336 e. The highest BCUT2D eigenvalue weighted by molar-refractivity contribution is 7.10. The molecule has 3 nitrogen and oxygen atoms in total. The van der Waals surface area contributed by atoms with E-state index in [2.05, 4.69) is 5.32 Å². The Morgan fingerprint density at radius 2 is 2.25 bits per heavy atom. The zero-order chi connectivity index (χ0) is 11.4. The maximum atomic E-state index is 10.7. The number of hydrogen-bond acceptors (Lipinski definition) is 3. The molecule has 2 N–H and O–H groups in total. The summed E-state index contributed by atoms with van der Waals surface area (Å²) in [6.07, 6.45) is 5.43. The van der Waals surface area contributed by atoms with E-state index in [4.69, 9.17) is 5.11 Å². The van der Waals surface area contributed by atoms with Crippen molar-refractivity contribution in [3.63, 3.8) is 0 Å². The molecule has 1 aliphatic rings. The number of nitrogens with one attached hydrogen (secondary N) is 1. The van der Waals surface area contributed by atoms with Gasteiger partial charge in [-0.1, -0.05) is 12.8 Å². The molecule has 0 saturated heterocycles. The Balaban J connectivity index is 1.74. The van der Waals surface area contributed by atoms with Gasteiger partial charge in [-0.2, -0.15) is 0 Å². The van der Waals surface area contributed by atoms with E-state index in [-0.39, 0.29) is 0 Å². The molecule has 0 radical (unpaired) electrons. The predicted molar refractivity (Wildman–Crippen MR) is 64.9 cm³/mol. The van der Waals surface area contributed by atoms with Crippen molar-refractivity contribution in [2.45, 2.75) is 32.2 Å². The highest BCUT2D eigenvalue weighted by Crippen LogP contribution is 2.24. The van der Waals surface area contributed by atoms with Crippen molar-refractivity contribution in [3.8, 4) is 0 Å². The van der Waals surface area contributed by atoms with Gasteiger partial charge in [0.25, 0.3) is 0 Å². The van der Waals surface area contributed by atoms with Gasteiger partial charge in [-0.05, 0) is 31.4 Å². The van der Waals surface area contributed by atoms with Crippen LogP contribution in [0.5, 0.6) is 0 Å². The van der Waals surface area contributed by atoms with Crippen LogP contribution in [0.15, 0.2) is 11.4 Å². The molecule has 0 aliphatic heterocycles. The van der Waals surface area contributed by atoms with Crippen LogP contribution in [0.3, 0.4) is 0 Å². The molecule has 1 saturated carbocycles. The first kappa shape index (κ1) is 11.6. The molecule has 2 rings (SSSR count). The van der Waals surface area contributed by atoms with E-state index in [0.29, 0.717) is 5.56 Å². The van der Waals surface area contributed by atoms with Crippen LogP contribution < -0.4 is 5.32 Å². The van der Waals surface area contributed by atoms with Crippen LogP contribution in [0.25, 0.3) is 0 Å². The van der Waals surface area contributed by atoms with Crippen molar-refractivity contribution in [1.82, 2.24) is 5.32 Å². The molecular weight excluding hydrogens is 222 g/mol.